The van der Waals surface area contributed by atoms with Crippen LogP contribution in [0.5, 0.6) is 0 Å². The number of alkyl halides is 2. The zero-order chi connectivity index (χ0) is 6.57. The minimum Gasteiger partial charge on any atom is -0.417 e. The summed E-state index contributed by atoms with van der Waals surface area (Å²) in [4.78, 5) is 10.1. The van der Waals surface area contributed by atoms with E-state index < -0.39 is 11.8 Å². The Morgan fingerprint density at radius 1 is 2.00 bits per heavy atom. The fraction of sp³-hybridized carbons (Fsp3) is 0.750. The predicted octanol–water partition coefficient (Wildman–Crippen LogP) is 1.43. The van der Waals surface area contributed by atoms with E-state index in [0.717, 1.165) is 0 Å². The Kier molecular flexibility index (Phi) is 3.52. The molecule has 8 heavy (non-hydrogen) atoms. The summed E-state index contributed by atoms with van der Waals surface area (Å²) in [6, 6.07) is 0. The van der Waals surface area contributed by atoms with Crippen molar-refractivity contribution in [2.45, 2.75) is 19.2 Å². The molecule has 0 saturated carbocycles. The van der Waals surface area contributed by atoms with Gasteiger partial charge in [0, 0.05) is 6.42 Å². The summed E-state index contributed by atoms with van der Waals surface area (Å²) < 4.78 is 15.3. The molecule has 1 atom stereocenters. The lowest BCUT2D eigenvalue weighted by atomic mass is 10.5. The zero-order valence-corrected chi connectivity index (χ0v) is 5.11. The Morgan fingerprint density at radius 2 is 2.50 bits per heavy atom. The lowest BCUT2D eigenvalue weighted by molar-refractivity contribution is -0.150. The van der Waals surface area contributed by atoms with Gasteiger partial charge in [-0.1, -0.05) is 6.92 Å². The standard InChI is InChI=1S/C4H6ClFO2/c1-2-3(7)8-4(5)6/h4H,2H2,1H3. The van der Waals surface area contributed by atoms with Crippen LogP contribution in [-0.2, 0) is 9.53 Å². The van der Waals surface area contributed by atoms with Crippen molar-refractivity contribution in [3.8, 4) is 0 Å². The third kappa shape index (κ3) is 3.87. The third-order valence-electron chi connectivity index (χ3n) is 0.509. The van der Waals surface area contributed by atoms with Gasteiger partial charge in [-0.15, -0.1) is 0 Å². The van der Waals surface area contributed by atoms with Crippen LogP contribution in [-0.4, -0.2) is 11.8 Å². The van der Waals surface area contributed by atoms with Gasteiger partial charge in [-0.25, -0.2) is 0 Å². The highest BCUT2D eigenvalue weighted by Gasteiger charge is 2.04. The molecule has 0 aliphatic rings. The van der Waals surface area contributed by atoms with Crippen LogP contribution in [0.15, 0.2) is 0 Å². The van der Waals surface area contributed by atoms with Crippen LogP contribution in [0, 0.1) is 0 Å². The number of hydrogen-bond acceptors (Lipinski definition) is 2. The first-order chi connectivity index (χ1) is 3.66. The Labute approximate surface area is 51.6 Å². The average Bonchev–Trinajstić information content (AvgIpc) is 1.65. The molecule has 2 nitrogen and oxygen atoms in total. The first-order valence-corrected chi connectivity index (χ1v) is 2.58. The van der Waals surface area contributed by atoms with Crippen molar-refractivity contribution in [3.63, 3.8) is 0 Å². The first-order valence-electron chi connectivity index (χ1n) is 2.14. The molecular formula is C4H6ClFO2. The summed E-state index contributed by atoms with van der Waals surface area (Å²) in [6.07, 6.45) is 0.146. The van der Waals surface area contributed by atoms with Gasteiger partial charge in [-0.2, -0.15) is 4.39 Å². The highest BCUT2D eigenvalue weighted by molar-refractivity contribution is 6.19. The van der Waals surface area contributed by atoms with E-state index in [0.29, 0.717) is 0 Å². The van der Waals surface area contributed by atoms with Crippen LogP contribution < -0.4 is 0 Å². The lowest BCUT2D eigenvalue weighted by Gasteiger charge is -1.98. The van der Waals surface area contributed by atoms with Gasteiger partial charge in [-0.3, -0.25) is 4.79 Å². The van der Waals surface area contributed by atoms with Gasteiger partial charge in [0.1, 0.15) is 0 Å². The van der Waals surface area contributed by atoms with Gasteiger partial charge in [0.25, 0.3) is 0 Å². The van der Waals surface area contributed by atoms with Crippen LogP contribution in [0.2, 0.25) is 0 Å². The van der Waals surface area contributed by atoms with Gasteiger partial charge in [0.05, 0.1) is 0 Å². The zero-order valence-electron chi connectivity index (χ0n) is 4.36. The van der Waals surface area contributed by atoms with E-state index in [9.17, 15) is 9.18 Å². The van der Waals surface area contributed by atoms with Crippen molar-refractivity contribution in [3.05, 3.63) is 0 Å². The molecule has 1 unspecified atom stereocenters. The summed E-state index contributed by atoms with van der Waals surface area (Å²) in [7, 11) is 0. The lowest BCUT2D eigenvalue weighted by Crippen LogP contribution is -2.05. The van der Waals surface area contributed by atoms with E-state index in [-0.39, 0.29) is 6.42 Å². The highest BCUT2D eigenvalue weighted by Crippen LogP contribution is 1.99. The van der Waals surface area contributed by atoms with Crippen LogP contribution in [0.3, 0.4) is 0 Å². The van der Waals surface area contributed by atoms with Crippen molar-refractivity contribution < 1.29 is 13.9 Å². The summed E-state index contributed by atoms with van der Waals surface area (Å²) in [5.74, 6) is -2.63. The van der Waals surface area contributed by atoms with Crippen LogP contribution >= 0.6 is 11.6 Å². The largest absolute Gasteiger partial charge is 0.417 e. The minimum atomic E-state index is -2.00. The van der Waals surface area contributed by atoms with Crippen molar-refractivity contribution >= 4 is 17.6 Å². The number of hydrogen-bond donors (Lipinski definition) is 0. The summed E-state index contributed by atoms with van der Waals surface area (Å²) in [6.45, 7) is 1.56. The maximum atomic E-state index is 11.5. The Balaban J connectivity index is 3.25. The second-order valence-electron chi connectivity index (χ2n) is 1.10. The number of carbonyl (C=O) groups excluding carboxylic acids is 1. The minimum absolute atomic E-state index is 0.146. The van der Waals surface area contributed by atoms with E-state index in [1.54, 1.807) is 6.92 Å². The predicted molar refractivity (Wildman–Crippen MR) is 27.1 cm³/mol. The molecule has 0 bridgehead atoms. The topological polar surface area (TPSA) is 26.3 Å². The van der Waals surface area contributed by atoms with E-state index in [4.69, 9.17) is 0 Å². The summed E-state index contributed by atoms with van der Waals surface area (Å²) in [5.41, 5.74) is 0. The fourth-order valence-electron chi connectivity index (χ4n) is 0.183. The molecule has 0 aliphatic carbocycles. The van der Waals surface area contributed by atoms with Crippen molar-refractivity contribution in [1.82, 2.24) is 0 Å². The number of esters is 1. The van der Waals surface area contributed by atoms with Gasteiger partial charge in [0.15, 0.2) is 0 Å². The second-order valence-corrected chi connectivity index (χ2v) is 1.45. The summed E-state index contributed by atoms with van der Waals surface area (Å²) >= 11 is 4.64. The van der Waals surface area contributed by atoms with Crippen LogP contribution in [0.1, 0.15) is 13.3 Å². The molecule has 0 radical (unpaired) electrons. The van der Waals surface area contributed by atoms with E-state index in [1.807, 2.05) is 0 Å². The normalized spacial score (nSPS) is 12.9. The van der Waals surface area contributed by atoms with Gasteiger partial charge in [-0.05, 0) is 11.6 Å². The molecule has 0 aromatic rings. The molecule has 0 N–H and O–H groups in total. The molecule has 0 spiro atoms. The molecule has 0 rings (SSSR count). The van der Waals surface area contributed by atoms with Gasteiger partial charge < -0.3 is 4.74 Å². The van der Waals surface area contributed by atoms with E-state index in [2.05, 4.69) is 16.3 Å². The molecule has 48 valence electrons. The molecule has 0 heterocycles. The van der Waals surface area contributed by atoms with E-state index in [1.165, 1.54) is 0 Å². The number of halogens is 2. The smallest absolute Gasteiger partial charge is 0.318 e. The molecule has 0 fully saturated rings. The number of carbonyl (C=O) groups is 1. The quantitative estimate of drug-likeness (QED) is 0.429. The van der Waals surface area contributed by atoms with Crippen LogP contribution in [0.25, 0.3) is 0 Å². The van der Waals surface area contributed by atoms with Crippen LogP contribution in [0.4, 0.5) is 4.39 Å². The second kappa shape index (κ2) is 3.66. The Hall–Kier alpha value is -0.310. The van der Waals surface area contributed by atoms with Crippen molar-refractivity contribution in [2.24, 2.45) is 0 Å². The third-order valence-corrected chi connectivity index (χ3v) is 0.598. The maximum Gasteiger partial charge on any atom is 0.318 e. The molecule has 0 amide bonds. The molecular weight excluding hydrogens is 134 g/mol. The van der Waals surface area contributed by atoms with Crippen molar-refractivity contribution in [1.29, 1.82) is 0 Å². The Bertz CT molecular complexity index is 84.1. The SMILES string of the molecule is CCC(=O)OC(F)Cl. The average molecular weight is 141 g/mol. The molecule has 0 aromatic heterocycles. The summed E-state index contributed by atoms with van der Waals surface area (Å²) in [5, 5.41) is 0. The highest BCUT2D eigenvalue weighted by atomic mass is 35.5. The number of ether oxygens (including phenoxy) is 1. The molecule has 0 aliphatic heterocycles. The van der Waals surface area contributed by atoms with E-state index >= 15 is 0 Å². The fourth-order valence-corrected chi connectivity index (χ4v) is 0.282. The monoisotopic (exact) mass is 140 g/mol. The van der Waals surface area contributed by atoms with Crippen molar-refractivity contribution in [2.75, 3.05) is 0 Å². The number of rotatable bonds is 2. The van der Waals surface area contributed by atoms with Gasteiger partial charge >= 0.3 is 11.8 Å². The van der Waals surface area contributed by atoms with Gasteiger partial charge in [0.2, 0.25) is 0 Å². The molecule has 0 saturated heterocycles. The molecule has 0 aromatic carbocycles. The molecule has 4 heteroatoms. The Morgan fingerprint density at radius 3 is 2.62 bits per heavy atom. The first kappa shape index (κ1) is 7.69. The maximum absolute atomic E-state index is 11.5.